The zero-order chi connectivity index (χ0) is 16.7. The third-order valence-electron chi connectivity index (χ3n) is 3.92. The van der Waals surface area contributed by atoms with Crippen molar-refractivity contribution in [3.8, 4) is 0 Å². The van der Waals surface area contributed by atoms with Crippen LogP contribution < -0.4 is 10.6 Å². The molecule has 0 aliphatic carbocycles. The van der Waals surface area contributed by atoms with Gasteiger partial charge in [-0.25, -0.2) is 4.79 Å². The Morgan fingerprint density at radius 1 is 1.35 bits per heavy atom. The molecule has 0 spiro atoms. The fourth-order valence-corrected chi connectivity index (χ4v) is 2.63. The SMILES string of the molecule is COC(=O)[C@@H](CCCc1ccccc1)NC(=O)[C@H]1CCC(=O)N1. The minimum Gasteiger partial charge on any atom is -0.467 e. The van der Waals surface area contributed by atoms with Crippen molar-refractivity contribution in [3.05, 3.63) is 35.9 Å². The molecule has 2 rings (SSSR count). The highest BCUT2D eigenvalue weighted by Crippen LogP contribution is 2.10. The molecule has 0 radical (unpaired) electrons. The molecule has 6 heteroatoms. The number of carbonyl (C=O) groups excluding carboxylic acids is 3. The average molecular weight is 318 g/mol. The van der Waals surface area contributed by atoms with Crippen LogP contribution in [0.4, 0.5) is 0 Å². The lowest BCUT2D eigenvalue weighted by Gasteiger charge is -2.19. The van der Waals surface area contributed by atoms with E-state index in [2.05, 4.69) is 10.6 Å². The van der Waals surface area contributed by atoms with Crippen LogP contribution in [0.15, 0.2) is 30.3 Å². The topological polar surface area (TPSA) is 84.5 Å². The Morgan fingerprint density at radius 3 is 2.70 bits per heavy atom. The Bertz CT molecular complexity index is 559. The van der Waals surface area contributed by atoms with Crippen molar-refractivity contribution >= 4 is 17.8 Å². The van der Waals surface area contributed by atoms with E-state index in [4.69, 9.17) is 4.74 Å². The van der Waals surface area contributed by atoms with Crippen LogP contribution in [0.2, 0.25) is 0 Å². The number of carbonyl (C=O) groups is 3. The predicted molar refractivity (Wildman–Crippen MR) is 84.5 cm³/mol. The number of amides is 2. The number of esters is 1. The normalized spacial score (nSPS) is 18.1. The number of hydrogen-bond acceptors (Lipinski definition) is 4. The quantitative estimate of drug-likeness (QED) is 0.733. The lowest BCUT2D eigenvalue weighted by atomic mass is 10.0. The molecule has 1 saturated heterocycles. The van der Waals surface area contributed by atoms with E-state index in [0.717, 1.165) is 12.8 Å². The van der Waals surface area contributed by atoms with Crippen molar-refractivity contribution in [1.29, 1.82) is 0 Å². The van der Waals surface area contributed by atoms with Crippen LogP contribution in [0.1, 0.15) is 31.2 Å². The van der Waals surface area contributed by atoms with Gasteiger partial charge in [-0.05, 0) is 31.2 Å². The molecule has 2 amide bonds. The summed E-state index contributed by atoms with van der Waals surface area (Å²) in [6.07, 6.45) is 2.87. The first kappa shape index (κ1) is 17.0. The van der Waals surface area contributed by atoms with Crippen LogP contribution in [0, 0.1) is 0 Å². The molecule has 1 aromatic carbocycles. The largest absolute Gasteiger partial charge is 0.467 e. The van der Waals surface area contributed by atoms with Gasteiger partial charge in [0.2, 0.25) is 11.8 Å². The molecule has 0 unspecified atom stereocenters. The summed E-state index contributed by atoms with van der Waals surface area (Å²) >= 11 is 0. The van der Waals surface area contributed by atoms with Gasteiger partial charge in [-0.1, -0.05) is 30.3 Å². The van der Waals surface area contributed by atoms with Crippen molar-refractivity contribution in [3.63, 3.8) is 0 Å². The van der Waals surface area contributed by atoms with Crippen molar-refractivity contribution < 1.29 is 19.1 Å². The molecule has 2 atom stereocenters. The van der Waals surface area contributed by atoms with E-state index in [-0.39, 0.29) is 11.8 Å². The lowest BCUT2D eigenvalue weighted by molar-refractivity contribution is -0.145. The Labute approximate surface area is 135 Å². The molecule has 0 saturated carbocycles. The second-order valence-corrected chi connectivity index (χ2v) is 5.62. The number of rotatable bonds is 7. The summed E-state index contributed by atoms with van der Waals surface area (Å²) in [6.45, 7) is 0. The van der Waals surface area contributed by atoms with Crippen LogP contribution in [-0.4, -0.2) is 37.0 Å². The van der Waals surface area contributed by atoms with E-state index in [9.17, 15) is 14.4 Å². The maximum atomic E-state index is 12.1. The van der Waals surface area contributed by atoms with Crippen molar-refractivity contribution in [1.82, 2.24) is 10.6 Å². The van der Waals surface area contributed by atoms with E-state index in [0.29, 0.717) is 19.3 Å². The van der Waals surface area contributed by atoms with Crippen LogP contribution in [-0.2, 0) is 25.5 Å². The van der Waals surface area contributed by atoms with Gasteiger partial charge in [-0.2, -0.15) is 0 Å². The Morgan fingerprint density at radius 2 is 2.09 bits per heavy atom. The molecule has 1 aromatic rings. The summed E-state index contributed by atoms with van der Waals surface area (Å²) in [6, 6.07) is 8.71. The average Bonchev–Trinajstić information content (AvgIpc) is 3.00. The van der Waals surface area contributed by atoms with Gasteiger partial charge in [0, 0.05) is 6.42 Å². The Hall–Kier alpha value is -2.37. The predicted octanol–water partition coefficient (Wildman–Crippen LogP) is 0.946. The fraction of sp³-hybridized carbons (Fsp3) is 0.471. The van der Waals surface area contributed by atoms with Gasteiger partial charge >= 0.3 is 5.97 Å². The standard InChI is InChI=1S/C17H22N2O4/c1-23-17(22)14(9-5-8-12-6-3-2-4-7-12)19-16(21)13-10-11-15(20)18-13/h2-4,6-7,13-14H,5,8-11H2,1H3,(H,18,20)(H,19,21)/t13-,14-/m1/s1. The van der Waals surface area contributed by atoms with E-state index in [1.54, 1.807) is 0 Å². The molecule has 1 fully saturated rings. The number of nitrogens with one attached hydrogen (secondary N) is 2. The van der Waals surface area contributed by atoms with Crippen LogP contribution in [0.25, 0.3) is 0 Å². The van der Waals surface area contributed by atoms with Gasteiger partial charge in [-0.3, -0.25) is 9.59 Å². The maximum absolute atomic E-state index is 12.1. The maximum Gasteiger partial charge on any atom is 0.328 e. The van der Waals surface area contributed by atoms with Gasteiger partial charge < -0.3 is 15.4 Å². The Kier molecular flexibility index (Phi) is 6.14. The van der Waals surface area contributed by atoms with Crippen molar-refractivity contribution in [2.45, 2.75) is 44.2 Å². The molecule has 0 bridgehead atoms. The smallest absolute Gasteiger partial charge is 0.328 e. The first-order chi connectivity index (χ1) is 11.1. The molecule has 6 nitrogen and oxygen atoms in total. The lowest BCUT2D eigenvalue weighted by Crippen LogP contribution is -2.49. The fourth-order valence-electron chi connectivity index (χ4n) is 2.63. The highest BCUT2D eigenvalue weighted by Gasteiger charge is 2.30. The summed E-state index contributed by atoms with van der Waals surface area (Å²) in [5.74, 6) is -0.925. The van der Waals surface area contributed by atoms with Crippen molar-refractivity contribution in [2.75, 3.05) is 7.11 Å². The minimum absolute atomic E-state index is 0.135. The molecule has 1 heterocycles. The highest BCUT2D eigenvalue weighted by atomic mass is 16.5. The molecule has 23 heavy (non-hydrogen) atoms. The highest BCUT2D eigenvalue weighted by molar-refractivity contribution is 5.93. The van der Waals surface area contributed by atoms with E-state index in [1.807, 2.05) is 30.3 Å². The van der Waals surface area contributed by atoms with Gasteiger partial charge in [0.1, 0.15) is 12.1 Å². The third kappa shape index (κ3) is 5.09. The molecule has 1 aliphatic heterocycles. The summed E-state index contributed by atoms with van der Waals surface area (Å²) in [5.41, 5.74) is 1.19. The summed E-state index contributed by atoms with van der Waals surface area (Å²) in [5, 5.41) is 5.28. The van der Waals surface area contributed by atoms with Gasteiger partial charge in [0.05, 0.1) is 7.11 Å². The number of hydrogen-bond donors (Lipinski definition) is 2. The van der Waals surface area contributed by atoms with Crippen molar-refractivity contribution in [2.24, 2.45) is 0 Å². The second kappa shape index (κ2) is 8.31. The molecule has 124 valence electrons. The third-order valence-corrected chi connectivity index (χ3v) is 3.92. The van der Waals surface area contributed by atoms with Crippen LogP contribution in [0.5, 0.6) is 0 Å². The molecule has 2 N–H and O–H groups in total. The Balaban J connectivity index is 1.85. The van der Waals surface area contributed by atoms with Gasteiger partial charge in [0.25, 0.3) is 0 Å². The molecule has 0 aromatic heterocycles. The summed E-state index contributed by atoms with van der Waals surface area (Å²) in [7, 11) is 1.30. The minimum atomic E-state index is -0.686. The number of methoxy groups -OCH3 is 1. The number of ether oxygens (including phenoxy) is 1. The number of aryl methyl sites for hydroxylation is 1. The first-order valence-corrected chi connectivity index (χ1v) is 7.81. The summed E-state index contributed by atoms with van der Waals surface area (Å²) < 4.78 is 4.76. The number of benzene rings is 1. The monoisotopic (exact) mass is 318 g/mol. The first-order valence-electron chi connectivity index (χ1n) is 7.81. The second-order valence-electron chi connectivity index (χ2n) is 5.62. The van der Waals surface area contributed by atoms with E-state index < -0.39 is 18.1 Å². The molecular weight excluding hydrogens is 296 g/mol. The van der Waals surface area contributed by atoms with E-state index in [1.165, 1.54) is 12.7 Å². The van der Waals surface area contributed by atoms with Crippen LogP contribution >= 0.6 is 0 Å². The summed E-state index contributed by atoms with van der Waals surface area (Å²) in [4.78, 5) is 35.1. The van der Waals surface area contributed by atoms with Gasteiger partial charge in [-0.15, -0.1) is 0 Å². The van der Waals surface area contributed by atoms with Crippen LogP contribution in [0.3, 0.4) is 0 Å². The van der Waals surface area contributed by atoms with Gasteiger partial charge in [0.15, 0.2) is 0 Å². The molecule has 1 aliphatic rings. The molecular formula is C17H22N2O4. The van der Waals surface area contributed by atoms with E-state index >= 15 is 0 Å². The zero-order valence-corrected chi connectivity index (χ0v) is 13.2. The zero-order valence-electron chi connectivity index (χ0n) is 13.2.